The Bertz CT molecular complexity index is 1330. The number of carbonyl (C=O) groups is 2. The lowest BCUT2D eigenvalue weighted by molar-refractivity contribution is -0.135. The van der Waals surface area contributed by atoms with E-state index in [0.717, 1.165) is 20.8 Å². The van der Waals surface area contributed by atoms with Crippen LogP contribution in [-0.2, 0) is 14.3 Å². The van der Waals surface area contributed by atoms with Gasteiger partial charge in [0, 0.05) is 4.88 Å². The molecular formula is C32H34NO4PS. The van der Waals surface area contributed by atoms with Crippen LogP contribution in [0.3, 0.4) is 0 Å². The molecule has 0 saturated heterocycles. The molecule has 0 unspecified atom stereocenters. The molecule has 1 N–H and O–H groups in total. The van der Waals surface area contributed by atoms with Crippen molar-refractivity contribution in [2.24, 2.45) is 0 Å². The summed E-state index contributed by atoms with van der Waals surface area (Å²) in [5, 5.41) is 8.45. The predicted octanol–water partition coefficient (Wildman–Crippen LogP) is 6.04. The van der Waals surface area contributed by atoms with Crippen molar-refractivity contribution in [3.63, 3.8) is 0 Å². The number of carbonyl (C=O) groups excluding carboxylic acids is 2. The van der Waals surface area contributed by atoms with E-state index in [1.165, 1.54) is 11.3 Å². The van der Waals surface area contributed by atoms with Crippen molar-refractivity contribution in [1.29, 1.82) is 0 Å². The smallest absolute Gasteiger partial charge is 0.408 e. The van der Waals surface area contributed by atoms with Crippen LogP contribution in [-0.4, -0.2) is 29.6 Å². The summed E-state index contributed by atoms with van der Waals surface area (Å²) < 4.78 is 11.5. The van der Waals surface area contributed by atoms with Gasteiger partial charge in [-0.05, 0) is 61.9 Å². The molecule has 0 fully saturated rings. The molecule has 0 aliphatic rings. The molecule has 39 heavy (non-hydrogen) atoms. The number of nitrogens with one attached hydrogen (secondary N) is 1. The van der Waals surface area contributed by atoms with E-state index in [1.54, 1.807) is 6.92 Å². The number of rotatable bonds is 8. The van der Waals surface area contributed by atoms with Gasteiger partial charge in [-0.25, -0.2) is 9.59 Å². The Labute approximate surface area is 234 Å². The lowest BCUT2D eigenvalue weighted by atomic mass is 10.1. The Morgan fingerprint density at radius 3 is 1.67 bits per heavy atom. The molecule has 0 aliphatic carbocycles. The van der Waals surface area contributed by atoms with Gasteiger partial charge in [-0.15, -0.1) is 11.3 Å². The quantitative estimate of drug-likeness (QED) is 0.211. The van der Waals surface area contributed by atoms with Gasteiger partial charge in [0.1, 0.15) is 11.6 Å². The lowest BCUT2D eigenvalue weighted by Crippen LogP contribution is -2.44. The Morgan fingerprint density at radius 2 is 1.28 bits per heavy atom. The molecule has 0 aliphatic heterocycles. The predicted molar refractivity (Wildman–Crippen MR) is 163 cm³/mol. The van der Waals surface area contributed by atoms with Crippen LogP contribution < -0.4 is 21.2 Å². The summed E-state index contributed by atoms with van der Waals surface area (Å²) in [4.78, 5) is 28.4. The van der Waals surface area contributed by atoms with Gasteiger partial charge in [0.05, 0.1) is 11.9 Å². The highest BCUT2D eigenvalue weighted by molar-refractivity contribution is 7.96. The van der Waals surface area contributed by atoms with Crippen LogP contribution in [0.25, 0.3) is 0 Å². The molecule has 0 bridgehead atoms. The van der Waals surface area contributed by atoms with E-state index in [1.807, 2.05) is 92.9 Å². The third-order valence-corrected chi connectivity index (χ3v) is 11.4. The Morgan fingerprint density at radius 1 is 0.795 bits per heavy atom. The van der Waals surface area contributed by atoms with Crippen LogP contribution in [0.4, 0.5) is 4.79 Å². The van der Waals surface area contributed by atoms with Crippen molar-refractivity contribution in [3.05, 3.63) is 113 Å². The van der Waals surface area contributed by atoms with Crippen molar-refractivity contribution < 1.29 is 19.1 Å². The first-order valence-electron chi connectivity index (χ1n) is 12.9. The summed E-state index contributed by atoms with van der Waals surface area (Å²) in [5.74, 6) is -0.447. The van der Waals surface area contributed by atoms with Crippen molar-refractivity contribution >= 4 is 51.5 Å². The van der Waals surface area contributed by atoms with Gasteiger partial charge >= 0.3 is 12.1 Å². The summed E-state index contributed by atoms with van der Waals surface area (Å²) >= 11 is 1.48. The van der Waals surface area contributed by atoms with Gasteiger partial charge < -0.3 is 14.8 Å². The monoisotopic (exact) mass is 559 g/mol. The second-order valence-corrected chi connectivity index (χ2v) is 14.2. The highest BCUT2D eigenvalue weighted by Gasteiger charge is 2.40. The first kappa shape index (κ1) is 28.4. The molecule has 4 rings (SSSR count). The molecule has 1 aromatic heterocycles. The summed E-state index contributed by atoms with van der Waals surface area (Å²) in [6.45, 7) is 4.57. The number of hydrogen-bond donors (Lipinski definition) is 1. The molecule has 0 saturated carbocycles. The van der Waals surface area contributed by atoms with Gasteiger partial charge in [0.15, 0.2) is 0 Å². The molecule has 1 heterocycles. The number of ether oxygens (including phenoxy) is 2. The molecule has 1 atom stereocenters. The standard InChI is InChI=1S/C32H34NO4PS/c1-5-36-30(34)29(28(27-22-15-23-39-27)33-31(35)37-32(2,3)4)38(24-16-9-6-10-17-24,25-18-11-7-12-19-25)26-20-13-8-14-21-26/h6-23,28H,5H2,1-4H3,(H,33,35)/t28-/m1/s1. The maximum absolute atomic E-state index is 14.3. The fourth-order valence-electron chi connectivity index (χ4n) is 4.63. The summed E-state index contributed by atoms with van der Waals surface area (Å²) in [5.41, 5.74) is -0.710. The van der Waals surface area contributed by atoms with Gasteiger partial charge in [0.25, 0.3) is 0 Å². The minimum Gasteiger partial charge on any atom is -0.463 e. The molecule has 0 spiro atoms. The average molecular weight is 560 g/mol. The molecule has 1 amide bonds. The summed E-state index contributed by atoms with van der Waals surface area (Å²) in [7, 11) is 0. The SMILES string of the molecule is CCOC(=O)C([C@H](NC(=O)OC(C)(C)C)c1cccs1)=P(c1ccccc1)(c1ccccc1)c1ccccc1. The van der Waals surface area contributed by atoms with Crippen LogP contribution >= 0.6 is 18.2 Å². The second kappa shape index (κ2) is 12.5. The van der Waals surface area contributed by atoms with Gasteiger partial charge in [0.2, 0.25) is 0 Å². The van der Waals surface area contributed by atoms with Crippen molar-refractivity contribution in [2.75, 3.05) is 6.61 Å². The third kappa shape index (κ3) is 6.35. The molecule has 0 radical (unpaired) electrons. The minimum absolute atomic E-state index is 0.199. The number of alkyl carbamates (subject to hydrolysis) is 1. The first-order chi connectivity index (χ1) is 18.8. The zero-order chi connectivity index (χ0) is 27.9. The molecular weight excluding hydrogens is 525 g/mol. The maximum Gasteiger partial charge on any atom is 0.408 e. The fourth-order valence-corrected chi connectivity index (χ4v) is 10.0. The Kier molecular flexibility index (Phi) is 9.11. The highest BCUT2D eigenvalue weighted by Crippen LogP contribution is 2.49. The van der Waals surface area contributed by atoms with E-state index in [4.69, 9.17) is 9.47 Å². The Balaban J connectivity index is 2.20. The zero-order valence-corrected chi connectivity index (χ0v) is 24.4. The number of esters is 1. The lowest BCUT2D eigenvalue weighted by Gasteiger charge is -2.35. The van der Waals surface area contributed by atoms with Gasteiger partial charge in [-0.2, -0.15) is 0 Å². The van der Waals surface area contributed by atoms with Crippen LogP contribution in [0.15, 0.2) is 109 Å². The molecule has 7 heteroatoms. The summed E-state index contributed by atoms with van der Waals surface area (Å²) in [6.07, 6.45) is -0.602. The van der Waals surface area contributed by atoms with E-state index in [-0.39, 0.29) is 6.61 Å². The summed E-state index contributed by atoms with van der Waals surface area (Å²) in [6, 6.07) is 33.2. The normalized spacial score (nSPS) is 12.3. The van der Waals surface area contributed by atoms with Gasteiger partial charge in [-0.1, -0.05) is 97.1 Å². The molecule has 202 valence electrons. The fraction of sp³-hybridized carbons (Fsp3) is 0.219. The second-order valence-electron chi connectivity index (χ2n) is 9.88. The van der Waals surface area contributed by atoms with E-state index in [9.17, 15) is 9.59 Å². The van der Waals surface area contributed by atoms with Crippen LogP contribution in [0.1, 0.15) is 38.6 Å². The largest absolute Gasteiger partial charge is 0.463 e. The van der Waals surface area contributed by atoms with Crippen molar-refractivity contribution in [2.45, 2.75) is 39.3 Å². The first-order valence-corrected chi connectivity index (χ1v) is 15.6. The zero-order valence-electron chi connectivity index (χ0n) is 22.7. The maximum atomic E-state index is 14.3. The van der Waals surface area contributed by atoms with E-state index < -0.39 is 30.6 Å². The van der Waals surface area contributed by atoms with Crippen LogP contribution in [0, 0.1) is 0 Å². The number of benzene rings is 3. The molecule has 3 aromatic carbocycles. The molecule has 5 nitrogen and oxygen atoms in total. The van der Waals surface area contributed by atoms with Gasteiger partial charge in [-0.3, -0.25) is 0 Å². The third-order valence-electron chi connectivity index (χ3n) is 6.04. The average Bonchev–Trinajstić information content (AvgIpc) is 3.46. The van der Waals surface area contributed by atoms with E-state index in [0.29, 0.717) is 5.29 Å². The van der Waals surface area contributed by atoms with Crippen LogP contribution in [0.2, 0.25) is 0 Å². The highest BCUT2D eigenvalue weighted by atomic mass is 32.1. The number of amides is 1. The van der Waals surface area contributed by atoms with E-state index >= 15 is 0 Å². The topological polar surface area (TPSA) is 64.6 Å². The Hall–Kier alpha value is -3.60. The van der Waals surface area contributed by atoms with E-state index in [2.05, 4.69) is 41.7 Å². The van der Waals surface area contributed by atoms with Crippen LogP contribution in [0.5, 0.6) is 0 Å². The number of hydrogen-bond acceptors (Lipinski definition) is 5. The number of thiophene rings is 1. The molecule has 4 aromatic rings. The van der Waals surface area contributed by atoms with Crippen molar-refractivity contribution in [1.82, 2.24) is 5.32 Å². The van der Waals surface area contributed by atoms with Crippen molar-refractivity contribution in [3.8, 4) is 0 Å². The minimum atomic E-state index is -2.88.